The van der Waals surface area contributed by atoms with E-state index in [0.29, 0.717) is 40.8 Å². The van der Waals surface area contributed by atoms with Gasteiger partial charge in [-0.2, -0.15) is 0 Å². The first-order valence-corrected chi connectivity index (χ1v) is 13.1. The maximum Gasteiger partial charge on any atom is 0.250 e. The summed E-state index contributed by atoms with van der Waals surface area (Å²) in [5.41, 5.74) is 5.20. The third kappa shape index (κ3) is 4.19. The van der Waals surface area contributed by atoms with E-state index in [1.165, 1.54) is 5.56 Å². The summed E-state index contributed by atoms with van der Waals surface area (Å²) in [7, 11) is 0. The fraction of sp³-hybridized carbons (Fsp3) is 0.355. The summed E-state index contributed by atoms with van der Waals surface area (Å²) < 4.78 is 8.10. The van der Waals surface area contributed by atoms with Gasteiger partial charge in [0.25, 0.3) is 5.56 Å². The molecule has 2 aromatic carbocycles. The van der Waals surface area contributed by atoms with E-state index >= 15 is 0 Å². The highest BCUT2D eigenvalue weighted by Crippen LogP contribution is 2.43. The average molecular weight is 497 g/mol. The molecule has 6 rings (SSSR count). The number of aryl methyl sites for hydroxylation is 1. The molecular formula is C31H32N2O4. The van der Waals surface area contributed by atoms with Gasteiger partial charge in [-0.15, -0.1) is 0 Å². The Morgan fingerprint density at radius 1 is 1.08 bits per heavy atom. The number of pyridine rings is 1. The van der Waals surface area contributed by atoms with Gasteiger partial charge in [0.05, 0.1) is 11.1 Å². The average Bonchev–Trinajstić information content (AvgIpc) is 3.19. The van der Waals surface area contributed by atoms with Crippen LogP contribution in [0.25, 0.3) is 6.08 Å². The lowest BCUT2D eigenvalue weighted by Crippen LogP contribution is -2.46. The number of aromatic nitrogens is 1. The van der Waals surface area contributed by atoms with Crippen LogP contribution in [0.2, 0.25) is 0 Å². The molecule has 1 N–H and O–H groups in total. The second-order valence-electron chi connectivity index (χ2n) is 11.0. The second kappa shape index (κ2) is 9.03. The van der Waals surface area contributed by atoms with Crippen molar-refractivity contribution in [2.45, 2.75) is 52.1 Å². The molecule has 0 radical (unpaired) electrons. The molecule has 1 fully saturated rings. The van der Waals surface area contributed by atoms with Crippen LogP contribution in [0.15, 0.2) is 59.1 Å². The van der Waals surface area contributed by atoms with Crippen LogP contribution in [0.1, 0.15) is 70.4 Å². The molecule has 1 aromatic heterocycles. The minimum atomic E-state index is -0.148. The topological polar surface area (TPSA) is 71.8 Å². The number of fused-ring (bicyclic) bond motifs is 5. The van der Waals surface area contributed by atoms with E-state index in [0.717, 1.165) is 37.3 Å². The van der Waals surface area contributed by atoms with Gasteiger partial charge in [-0.05, 0) is 60.1 Å². The molecule has 0 spiro atoms. The van der Waals surface area contributed by atoms with Crippen molar-refractivity contribution in [1.29, 1.82) is 0 Å². The monoisotopic (exact) mass is 496 g/mol. The van der Waals surface area contributed by atoms with Crippen LogP contribution in [-0.2, 0) is 13.1 Å². The summed E-state index contributed by atoms with van der Waals surface area (Å²) in [6.45, 7) is 8.97. The van der Waals surface area contributed by atoms with Crippen molar-refractivity contribution < 1.29 is 14.6 Å². The number of ketones is 1. The molecule has 0 unspecified atom stereocenters. The van der Waals surface area contributed by atoms with E-state index in [9.17, 15) is 14.7 Å². The largest absolute Gasteiger partial charge is 0.507 e. The van der Waals surface area contributed by atoms with Crippen molar-refractivity contribution in [3.63, 3.8) is 0 Å². The van der Waals surface area contributed by atoms with Crippen LogP contribution >= 0.6 is 0 Å². The Morgan fingerprint density at radius 2 is 1.86 bits per heavy atom. The lowest BCUT2D eigenvalue weighted by Gasteiger charge is -2.43. The smallest absolute Gasteiger partial charge is 0.250 e. The second-order valence-corrected chi connectivity index (χ2v) is 11.0. The zero-order valence-electron chi connectivity index (χ0n) is 21.5. The molecule has 0 amide bonds. The van der Waals surface area contributed by atoms with Crippen molar-refractivity contribution in [3.8, 4) is 11.5 Å². The minimum absolute atomic E-state index is 0.0692. The highest BCUT2D eigenvalue weighted by molar-refractivity contribution is 6.15. The molecule has 6 heteroatoms. The van der Waals surface area contributed by atoms with Crippen LogP contribution in [0.3, 0.4) is 0 Å². The van der Waals surface area contributed by atoms with Crippen molar-refractivity contribution in [1.82, 2.24) is 9.47 Å². The highest BCUT2D eigenvalue weighted by atomic mass is 16.5. The van der Waals surface area contributed by atoms with Crippen molar-refractivity contribution in [3.05, 3.63) is 98.2 Å². The SMILES string of the molecule is Cc1cc(O)c(CN2C[C@@H]3C[C@H](C2)c2cccc(=O)n2C3)c2c1C(=O)/C(=C\c1ccc(C(C)C)cc1)O2. The van der Waals surface area contributed by atoms with Gasteiger partial charge in [0.1, 0.15) is 11.5 Å². The van der Waals surface area contributed by atoms with Crippen LogP contribution in [-0.4, -0.2) is 33.4 Å². The number of allylic oxidation sites excluding steroid dienone is 1. The molecule has 37 heavy (non-hydrogen) atoms. The van der Waals surface area contributed by atoms with E-state index in [-0.39, 0.29) is 28.8 Å². The first kappa shape index (κ1) is 23.7. The summed E-state index contributed by atoms with van der Waals surface area (Å²) >= 11 is 0. The predicted molar refractivity (Wildman–Crippen MR) is 143 cm³/mol. The van der Waals surface area contributed by atoms with E-state index in [2.05, 4.69) is 36.9 Å². The highest BCUT2D eigenvalue weighted by Gasteiger charge is 2.37. The Hall–Kier alpha value is -3.64. The molecule has 4 heterocycles. The summed E-state index contributed by atoms with van der Waals surface area (Å²) in [5, 5.41) is 10.9. The molecule has 2 atom stereocenters. The van der Waals surface area contributed by atoms with Gasteiger partial charge in [0.15, 0.2) is 5.76 Å². The Morgan fingerprint density at radius 3 is 2.62 bits per heavy atom. The van der Waals surface area contributed by atoms with Crippen LogP contribution in [0, 0.1) is 12.8 Å². The summed E-state index contributed by atoms with van der Waals surface area (Å²) in [6.07, 6.45) is 2.85. The van der Waals surface area contributed by atoms with Gasteiger partial charge in [-0.25, -0.2) is 0 Å². The predicted octanol–water partition coefficient (Wildman–Crippen LogP) is 5.22. The zero-order chi connectivity index (χ0) is 25.8. The number of carbonyl (C=O) groups is 1. The van der Waals surface area contributed by atoms with Gasteiger partial charge in [0.2, 0.25) is 5.78 Å². The number of phenols is 1. The lowest BCUT2D eigenvalue weighted by molar-refractivity contribution is 0.101. The first-order chi connectivity index (χ1) is 17.8. The fourth-order valence-electron chi connectivity index (χ4n) is 6.21. The van der Waals surface area contributed by atoms with Gasteiger partial charge in [-0.3, -0.25) is 14.5 Å². The van der Waals surface area contributed by atoms with Crippen LogP contribution < -0.4 is 10.3 Å². The number of likely N-dealkylation sites (tertiary alicyclic amines) is 1. The number of nitrogens with zero attached hydrogens (tertiary/aromatic N) is 2. The number of hydrogen-bond donors (Lipinski definition) is 1. The fourth-order valence-corrected chi connectivity index (χ4v) is 6.21. The number of rotatable bonds is 4. The normalized spacial score (nSPS) is 21.7. The lowest BCUT2D eigenvalue weighted by atomic mass is 9.83. The van der Waals surface area contributed by atoms with Crippen LogP contribution in [0.4, 0.5) is 0 Å². The molecule has 6 nitrogen and oxygen atoms in total. The van der Waals surface area contributed by atoms with E-state index in [1.54, 1.807) is 18.2 Å². The molecule has 0 aliphatic carbocycles. The number of Topliss-reactive ketones (excluding diaryl/α,β-unsaturated/α-hetero) is 1. The number of benzene rings is 2. The number of ether oxygens (including phenoxy) is 1. The van der Waals surface area contributed by atoms with Gasteiger partial charge >= 0.3 is 0 Å². The summed E-state index contributed by atoms with van der Waals surface area (Å²) in [6, 6.07) is 15.4. The maximum atomic E-state index is 13.4. The Balaban J connectivity index is 1.29. The third-order valence-electron chi connectivity index (χ3n) is 8.06. The number of hydrogen-bond acceptors (Lipinski definition) is 5. The molecule has 1 saturated heterocycles. The molecule has 0 saturated carbocycles. The summed E-state index contributed by atoms with van der Waals surface area (Å²) in [5.74, 6) is 1.84. The van der Waals surface area contributed by atoms with Gasteiger partial charge in [-0.1, -0.05) is 44.2 Å². The Bertz CT molecular complexity index is 1480. The van der Waals surface area contributed by atoms with E-state index in [4.69, 9.17) is 4.74 Å². The standard InChI is InChI=1S/C31H32N2O4/c1-18(2)22-9-7-20(8-10-22)13-27-30(36)29-19(3)11-26(34)24(31(29)37-27)17-32-14-21-12-23(16-32)25-5-4-6-28(35)33(25)15-21/h4-11,13,18,21,23,34H,12,14-17H2,1-3H3/b27-13+/t21-,23+/m0/s1. The number of phenolic OH excluding ortho intramolecular Hbond substituents is 1. The first-order valence-electron chi connectivity index (χ1n) is 13.1. The molecule has 2 bridgehead atoms. The molecule has 3 aromatic rings. The number of aromatic hydroxyl groups is 1. The molecule has 190 valence electrons. The number of piperidine rings is 1. The van der Waals surface area contributed by atoms with Crippen molar-refractivity contribution in [2.75, 3.05) is 13.1 Å². The van der Waals surface area contributed by atoms with E-state index < -0.39 is 0 Å². The van der Waals surface area contributed by atoms with E-state index in [1.807, 2.05) is 29.7 Å². The number of carbonyl (C=O) groups excluding carboxylic acids is 1. The van der Waals surface area contributed by atoms with Crippen molar-refractivity contribution in [2.24, 2.45) is 5.92 Å². The zero-order valence-corrected chi connectivity index (χ0v) is 21.5. The molecule has 3 aliphatic heterocycles. The molecule has 3 aliphatic rings. The Labute approximate surface area is 216 Å². The van der Waals surface area contributed by atoms with Crippen LogP contribution in [0.5, 0.6) is 11.5 Å². The Kier molecular flexibility index (Phi) is 5.80. The maximum absolute atomic E-state index is 13.4. The van der Waals surface area contributed by atoms with Gasteiger partial charge < -0.3 is 14.4 Å². The van der Waals surface area contributed by atoms with Gasteiger partial charge in [0, 0.05) is 43.9 Å². The third-order valence-corrected chi connectivity index (χ3v) is 8.06. The quantitative estimate of drug-likeness (QED) is 0.502. The van der Waals surface area contributed by atoms with Crippen molar-refractivity contribution >= 4 is 11.9 Å². The minimum Gasteiger partial charge on any atom is -0.507 e. The molecular weight excluding hydrogens is 464 g/mol. The summed E-state index contributed by atoms with van der Waals surface area (Å²) in [4.78, 5) is 28.1.